The number of benzene rings is 1. The third-order valence-electron chi connectivity index (χ3n) is 8.08. The monoisotopic (exact) mass is 552 g/mol. The van der Waals surface area contributed by atoms with Crippen LogP contribution in [0.3, 0.4) is 0 Å². The number of sulfone groups is 1. The van der Waals surface area contributed by atoms with Crippen LogP contribution >= 0.6 is 11.3 Å². The van der Waals surface area contributed by atoms with Crippen LogP contribution in [0.5, 0.6) is 0 Å². The first kappa shape index (κ1) is 24.5. The normalized spacial score (nSPS) is 21.5. The van der Waals surface area contributed by atoms with E-state index < -0.39 is 9.84 Å². The molecule has 3 saturated heterocycles. The largest absolute Gasteiger partial charge is 0.378 e. The van der Waals surface area contributed by atoms with Crippen molar-refractivity contribution in [1.29, 1.82) is 0 Å². The fourth-order valence-electron chi connectivity index (χ4n) is 6.11. The van der Waals surface area contributed by atoms with Crippen molar-refractivity contribution in [3.8, 4) is 11.4 Å². The second-order valence-electron chi connectivity index (χ2n) is 10.6. The van der Waals surface area contributed by atoms with E-state index in [0.29, 0.717) is 25.1 Å². The molecule has 6 heterocycles. The van der Waals surface area contributed by atoms with Crippen LogP contribution in [0, 0.1) is 0 Å². The van der Waals surface area contributed by atoms with Gasteiger partial charge in [-0.15, -0.1) is 11.3 Å². The Hall–Kier alpha value is -2.57. The van der Waals surface area contributed by atoms with Gasteiger partial charge in [0.2, 0.25) is 0 Å². The van der Waals surface area contributed by atoms with Gasteiger partial charge in [-0.1, -0.05) is 0 Å². The summed E-state index contributed by atoms with van der Waals surface area (Å²) in [4.78, 5) is 22.3. The van der Waals surface area contributed by atoms with E-state index in [1.807, 2.05) is 12.3 Å². The van der Waals surface area contributed by atoms with Crippen LogP contribution in [0.25, 0.3) is 32.5 Å². The zero-order valence-corrected chi connectivity index (χ0v) is 23.2. The first-order valence-electron chi connectivity index (χ1n) is 13.3. The predicted molar refractivity (Wildman–Crippen MR) is 151 cm³/mol. The lowest BCUT2D eigenvalue weighted by Gasteiger charge is -2.37. The van der Waals surface area contributed by atoms with Gasteiger partial charge in [-0.05, 0) is 43.7 Å². The van der Waals surface area contributed by atoms with Crippen molar-refractivity contribution in [3.05, 3.63) is 35.3 Å². The first-order chi connectivity index (χ1) is 18.4. The van der Waals surface area contributed by atoms with E-state index in [1.54, 1.807) is 23.5 Å². The van der Waals surface area contributed by atoms with Crippen LogP contribution in [0.15, 0.2) is 35.4 Å². The number of nitrogens with one attached hydrogen (secondary N) is 1. The molecule has 1 atom stereocenters. The molecule has 1 aromatic carbocycles. The number of nitrogens with zero attached hydrogens (tertiary/aromatic N) is 5. The molecule has 0 spiro atoms. The summed E-state index contributed by atoms with van der Waals surface area (Å²) in [6.45, 7) is 8.42. The summed E-state index contributed by atoms with van der Waals surface area (Å²) in [5.41, 5.74) is 2.41. The number of rotatable bonds is 5. The zero-order valence-electron chi connectivity index (χ0n) is 21.5. The highest BCUT2D eigenvalue weighted by Gasteiger charge is 2.31. The van der Waals surface area contributed by atoms with Crippen LogP contribution in [0.1, 0.15) is 17.7 Å². The maximum atomic E-state index is 12.5. The van der Waals surface area contributed by atoms with Crippen LogP contribution in [0.2, 0.25) is 0 Å². The number of aromatic amines is 1. The van der Waals surface area contributed by atoms with E-state index in [2.05, 4.69) is 25.8 Å². The molecule has 9 nitrogen and oxygen atoms in total. The number of hydrogen-bond acceptors (Lipinski definition) is 9. The Balaban J connectivity index is 1.32. The van der Waals surface area contributed by atoms with Gasteiger partial charge in [0, 0.05) is 79.1 Å². The average Bonchev–Trinajstić information content (AvgIpc) is 3.66. The third-order valence-corrected chi connectivity index (χ3v) is 10.3. The molecule has 0 aliphatic carbocycles. The van der Waals surface area contributed by atoms with E-state index in [1.165, 1.54) is 30.5 Å². The standard InChI is InChI=1S/C27H32N6O3S2/c1-38(34,35)20-14-22(21-4-5-28-23(21)15-20)26-29-24-13-19(17-31-7-8-32-6-2-3-18(32)16-31)37-25(24)27(30-26)33-9-11-36-12-10-33/h4-5,13-15,18,28H,2-3,6-12,16-17H2,1H3/t18-/m0/s1. The molecule has 4 aromatic rings. The van der Waals surface area contributed by atoms with E-state index in [9.17, 15) is 8.42 Å². The minimum Gasteiger partial charge on any atom is -0.378 e. The molecule has 3 fully saturated rings. The van der Waals surface area contributed by atoms with Crippen LogP contribution < -0.4 is 4.90 Å². The smallest absolute Gasteiger partial charge is 0.175 e. The Labute approximate surface area is 226 Å². The molecule has 0 amide bonds. The van der Waals surface area contributed by atoms with E-state index in [-0.39, 0.29) is 4.90 Å². The van der Waals surface area contributed by atoms with Gasteiger partial charge in [0.15, 0.2) is 21.5 Å². The number of fused-ring (bicyclic) bond motifs is 3. The third kappa shape index (κ3) is 4.50. The number of hydrogen-bond donors (Lipinski definition) is 1. The van der Waals surface area contributed by atoms with E-state index in [0.717, 1.165) is 71.8 Å². The lowest BCUT2D eigenvalue weighted by molar-refractivity contribution is 0.100. The van der Waals surface area contributed by atoms with Gasteiger partial charge in [-0.3, -0.25) is 9.80 Å². The van der Waals surface area contributed by atoms with Crippen molar-refractivity contribution < 1.29 is 13.2 Å². The maximum absolute atomic E-state index is 12.5. The fraction of sp³-hybridized carbons (Fsp3) is 0.481. The Bertz CT molecular complexity index is 1610. The predicted octanol–water partition coefficient (Wildman–Crippen LogP) is 3.36. The number of thiophene rings is 1. The molecule has 0 saturated carbocycles. The molecular weight excluding hydrogens is 520 g/mol. The van der Waals surface area contributed by atoms with Gasteiger partial charge in [0.25, 0.3) is 0 Å². The fourth-order valence-corrected chi connectivity index (χ4v) is 7.93. The molecule has 200 valence electrons. The summed E-state index contributed by atoms with van der Waals surface area (Å²) in [6.07, 6.45) is 5.69. The second kappa shape index (κ2) is 9.56. The van der Waals surface area contributed by atoms with Crippen molar-refractivity contribution >= 4 is 48.1 Å². The molecule has 3 aliphatic rings. The number of piperazine rings is 1. The second-order valence-corrected chi connectivity index (χ2v) is 13.8. The molecule has 3 aromatic heterocycles. The number of morpholine rings is 1. The van der Waals surface area contributed by atoms with Gasteiger partial charge >= 0.3 is 0 Å². The summed E-state index contributed by atoms with van der Waals surface area (Å²) >= 11 is 1.79. The average molecular weight is 553 g/mol. The van der Waals surface area contributed by atoms with Gasteiger partial charge in [0.05, 0.1) is 28.3 Å². The highest BCUT2D eigenvalue weighted by molar-refractivity contribution is 7.90. The number of ether oxygens (including phenoxy) is 1. The van der Waals surface area contributed by atoms with Gasteiger partial charge in [-0.2, -0.15) is 0 Å². The van der Waals surface area contributed by atoms with Gasteiger partial charge in [0.1, 0.15) is 0 Å². The zero-order chi connectivity index (χ0) is 25.9. The van der Waals surface area contributed by atoms with Crippen LogP contribution in [-0.4, -0.2) is 97.9 Å². The molecule has 3 aliphatic heterocycles. The minimum absolute atomic E-state index is 0.260. The maximum Gasteiger partial charge on any atom is 0.175 e. The topological polar surface area (TPSA) is 94.7 Å². The van der Waals surface area contributed by atoms with Gasteiger partial charge < -0.3 is 14.6 Å². The number of aromatic nitrogens is 3. The number of anilines is 1. The van der Waals surface area contributed by atoms with Crippen molar-refractivity contribution in [1.82, 2.24) is 24.8 Å². The summed E-state index contributed by atoms with van der Waals surface area (Å²) in [5.74, 6) is 1.47. The first-order valence-corrected chi connectivity index (χ1v) is 16.0. The van der Waals surface area contributed by atoms with Crippen LogP contribution in [0.4, 0.5) is 5.82 Å². The Morgan fingerprint density at radius 1 is 1.11 bits per heavy atom. The van der Waals surface area contributed by atoms with E-state index in [4.69, 9.17) is 14.7 Å². The molecule has 38 heavy (non-hydrogen) atoms. The summed E-state index contributed by atoms with van der Waals surface area (Å²) in [5, 5.41) is 0.912. The van der Waals surface area contributed by atoms with Crippen molar-refractivity contribution in [2.75, 3.05) is 63.6 Å². The number of H-pyrrole nitrogens is 1. The molecule has 0 unspecified atom stereocenters. The SMILES string of the molecule is CS(=O)(=O)c1cc(-c2nc(N3CCOCC3)c3sc(CN4CCN5CCC[C@H]5C4)cc3n2)c2cc[nH]c2c1. The summed E-state index contributed by atoms with van der Waals surface area (Å²) in [6, 6.07) is 8.26. The lowest BCUT2D eigenvalue weighted by Crippen LogP contribution is -2.49. The highest BCUT2D eigenvalue weighted by Crippen LogP contribution is 2.37. The molecular formula is C27H32N6O3S2. The van der Waals surface area contributed by atoms with Crippen molar-refractivity contribution in [2.24, 2.45) is 0 Å². The Kier molecular flexibility index (Phi) is 6.16. The Morgan fingerprint density at radius 3 is 2.82 bits per heavy atom. The quantitative estimate of drug-likeness (QED) is 0.403. The molecule has 0 radical (unpaired) electrons. The minimum atomic E-state index is -3.40. The summed E-state index contributed by atoms with van der Waals surface area (Å²) in [7, 11) is -3.40. The van der Waals surface area contributed by atoms with Crippen molar-refractivity contribution in [2.45, 2.75) is 30.3 Å². The van der Waals surface area contributed by atoms with Gasteiger partial charge in [-0.25, -0.2) is 18.4 Å². The molecule has 0 bridgehead atoms. The lowest BCUT2D eigenvalue weighted by atomic mass is 10.1. The molecule has 1 N–H and O–H groups in total. The molecule has 7 rings (SSSR count). The summed E-state index contributed by atoms with van der Waals surface area (Å²) < 4.78 is 31.7. The van der Waals surface area contributed by atoms with Crippen LogP contribution in [-0.2, 0) is 21.1 Å². The van der Waals surface area contributed by atoms with E-state index >= 15 is 0 Å². The Morgan fingerprint density at radius 2 is 1.97 bits per heavy atom. The van der Waals surface area contributed by atoms with Crippen molar-refractivity contribution in [3.63, 3.8) is 0 Å². The molecule has 11 heteroatoms. The highest BCUT2D eigenvalue weighted by atomic mass is 32.2.